The molecule has 0 amide bonds. The minimum Gasteiger partial charge on any atom is -0.397 e. The summed E-state index contributed by atoms with van der Waals surface area (Å²) in [5, 5.41) is 11.4. The van der Waals surface area contributed by atoms with E-state index in [9.17, 15) is 0 Å². The molecule has 4 heteroatoms. The van der Waals surface area contributed by atoms with Crippen LogP contribution in [0.15, 0.2) is 0 Å². The summed E-state index contributed by atoms with van der Waals surface area (Å²) in [5.74, 6) is 0. The molecule has 0 aromatic rings. The summed E-state index contributed by atoms with van der Waals surface area (Å²) in [6.45, 7) is 1.93. The molecule has 0 aliphatic carbocycles. The lowest BCUT2D eigenvalue weighted by molar-refractivity contribution is -0.491. The Morgan fingerprint density at radius 1 is 1.25 bits per heavy atom. The van der Waals surface area contributed by atoms with Crippen LogP contribution in [0, 0.1) is 0 Å². The van der Waals surface area contributed by atoms with Crippen molar-refractivity contribution in [3.63, 3.8) is 0 Å². The van der Waals surface area contributed by atoms with Crippen molar-refractivity contribution in [2.24, 2.45) is 0 Å². The molecule has 0 heterocycles. The summed E-state index contributed by atoms with van der Waals surface area (Å²) in [6.07, 6.45) is 0. The Morgan fingerprint density at radius 2 is 1.50 bits per heavy atom. The van der Waals surface area contributed by atoms with E-state index < -0.39 is 0 Å². The van der Waals surface area contributed by atoms with E-state index in [4.69, 9.17) is 5.11 Å². The smallest absolute Gasteiger partial charge is 0.0744 e. The molecule has 4 nitrogen and oxygen atoms in total. The van der Waals surface area contributed by atoms with Gasteiger partial charge in [0.1, 0.15) is 0 Å². The summed E-state index contributed by atoms with van der Waals surface area (Å²) in [6, 6.07) is 0. The standard InChI is InChI=1S/C2H6O3.C2H6O/c1-3-5-4-2;1-2-3/h1-2H3;3H,2H2,1H3. The van der Waals surface area contributed by atoms with Gasteiger partial charge in [0, 0.05) is 6.61 Å². The zero-order valence-electron chi connectivity index (χ0n) is 5.38. The molecule has 8 heavy (non-hydrogen) atoms. The Hall–Kier alpha value is -0.160. The zero-order valence-corrected chi connectivity index (χ0v) is 5.38. The normalized spacial score (nSPS) is 7.50. The highest BCUT2D eigenvalue weighted by atomic mass is 17.5. The third-order valence-corrected chi connectivity index (χ3v) is 0.136. The van der Waals surface area contributed by atoms with Gasteiger partial charge >= 0.3 is 0 Å². The van der Waals surface area contributed by atoms with Gasteiger partial charge in [-0.2, -0.15) is 0 Å². The van der Waals surface area contributed by atoms with Gasteiger partial charge in [-0.25, -0.2) is 9.78 Å². The Balaban J connectivity index is 0. The van der Waals surface area contributed by atoms with Crippen molar-refractivity contribution in [1.29, 1.82) is 0 Å². The maximum absolute atomic E-state index is 7.57. The van der Waals surface area contributed by atoms with Gasteiger partial charge in [0.25, 0.3) is 0 Å². The fraction of sp³-hybridized carbons (Fsp3) is 1.00. The third kappa shape index (κ3) is 40.4. The van der Waals surface area contributed by atoms with Crippen molar-refractivity contribution in [1.82, 2.24) is 0 Å². The molecule has 0 fully saturated rings. The molecule has 0 atom stereocenters. The molecule has 0 spiro atoms. The minimum absolute atomic E-state index is 0.250. The Bertz CT molecular complexity index is 22.0. The van der Waals surface area contributed by atoms with Crippen molar-refractivity contribution in [2.45, 2.75) is 6.92 Å². The third-order valence-electron chi connectivity index (χ3n) is 0.136. The van der Waals surface area contributed by atoms with E-state index in [-0.39, 0.29) is 6.61 Å². The second-order valence-electron chi connectivity index (χ2n) is 0.718. The van der Waals surface area contributed by atoms with Gasteiger partial charge in [-0.15, -0.1) is 0 Å². The first-order chi connectivity index (χ1) is 3.83. The van der Waals surface area contributed by atoms with E-state index in [2.05, 4.69) is 14.8 Å². The molecule has 0 bridgehead atoms. The van der Waals surface area contributed by atoms with E-state index in [0.29, 0.717) is 0 Å². The molecule has 0 rings (SSSR count). The number of hydrogen-bond acceptors (Lipinski definition) is 4. The number of aliphatic hydroxyl groups is 1. The molecule has 0 aromatic heterocycles. The fourth-order valence-corrected chi connectivity index (χ4v) is 0.0680. The monoisotopic (exact) mass is 124 g/mol. The van der Waals surface area contributed by atoms with Crippen LogP contribution in [0.3, 0.4) is 0 Å². The predicted octanol–water partition coefficient (Wildman–Crippen LogP) is 0.124. The maximum atomic E-state index is 7.57. The average molecular weight is 124 g/mol. The Morgan fingerprint density at radius 3 is 1.50 bits per heavy atom. The quantitative estimate of drug-likeness (QED) is 0.419. The van der Waals surface area contributed by atoms with Gasteiger partial charge < -0.3 is 5.11 Å². The molecular formula is C4H12O4. The van der Waals surface area contributed by atoms with Crippen molar-refractivity contribution < 1.29 is 19.9 Å². The largest absolute Gasteiger partial charge is 0.397 e. The van der Waals surface area contributed by atoms with Crippen LogP contribution in [0.25, 0.3) is 0 Å². The number of hydrogen-bond donors (Lipinski definition) is 1. The first-order valence-electron chi connectivity index (χ1n) is 2.17. The molecule has 0 aromatic carbocycles. The SMILES string of the molecule is CCO.COOOC. The van der Waals surface area contributed by atoms with Gasteiger partial charge in [-0.1, -0.05) is 5.04 Å². The molecule has 0 aliphatic heterocycles. The van der Waals surface area contributed by atoms with Crippen LogP contribution in [0.1, 0.15) is 6.92 Å². The van der Waals surface area contributed by atoms with E-state index in [1.54, 1.807) is 6.92 Å². The molecule has 1 N–H and O–H groups in total. The highest BCUT2D eigenvalue weighted by Gasteiger charge is 1.62. The van der Waals surface area contributed by atoms with E-state index in [0.717, 1.165) is 0 Å². The van der Waals surface area contributed by atoms with Crippen LogP contribution in [-0.2, 0) is 14.8 Å². The summed E-state index contributed by atoms with van der Waals surface area (Å²) in [7, 11) is 2.73. The fourth-order valence-electron chi connectivity index (χ4n) is 0.0680. The van der Waals surface area contributed by atoms with Gasteiger partial charge in [0.05, 0.1) is 14.2 Å². The van der Waals surface area contributed by atoms with Gasteiger partial charge in [-0.3, -0.25) is 0 Å². The summed E-state index contributed by atoms with van der Waals surface area (Å²) in [5.41, 5.74) is 0. The van der Waals surface area contributed by atoms with Gasteiger partial charge in [0.2, 0.25) is 0 Å². The van der Waals surface area contributed by atoms with Crippen LogP contribution in [0.4, 0.5) is 0 Å². The number of aliphatic hydroxyl groups excluding tert-OH is 1. The summed E-state index contributed by atoms with van der Waals surface area (Å²) >= 11 is 0. The Kier molecular flexibility index (Phi) is 21.3. The molecule has 0 radical (unpaired) electrons. The van der Waals surface area contributed by atoms with Crippen LogP contribution in [0.2, 0.25) is 0 Å². The van der Waals surface area contributed by atoms with Crippen molar-refractivity contribution in [3.05, 3.63) is 0 Å². The zero-order chi connectivity index (χ0) is 6.83. The van der Waals surface area contributed by atoms with Crippen LogP contribution in [0.5, 0.6) is 0 Å². The predicted molar refractivity (Wildman–Crippen MR) is 27.9 cm³/mol. The second kappa shape index (κ2) is 15.8. The summed E-state index contributed by atoms with van der Waals surface area (Å²) < 4.78 is 0. The number of rotatable bonds is 2. The molecule has 0 saturated carbocycles. The van der Waals surface area contributed by atoms with Crippen LogP contribution in [-0.4, -0.2) is 25.9 Å². The van der Waals surface area contributed by atoms with E-state index in [1.807, 2.05) is 0 Å². The molecule has 0 unspecified atom stereocenters. The highest BCUT2D eigenvalue weighted by molar-refractivity contribution is 3.84. The first kappa shape index (κ1) is 10.8. The molecule has 52 valence electrons. The highest BCUT2D eigenvalue weighted by Crippen LogP contribution is 1.64. The van der Waals surface area contributed by atoms with E-state index in [1.165, 1.54) is 14.2 Å². The second-order valence-corrected chi connectivity index (χ2v) is 0.718. The minimum atomic E-state index is 0.250. The lowest BCUT2D eigenvalue weighted by atomic mass is 10.9. The van der Waals surface area contributed by atoms with Crippen molar-refractivity contribution in [2.75, 3.05) is 20.8 Å². The summed E-state index contributed by atoms with van der Waals surface area (Å²) in [4.78, 5) is 7.94. The average Bonchev–Trinajstić information content (AvgIpc) is 1.71. The van der Waals surface area contributed by atoms with Crippen LogP contribution < -0.4 is 0 Å². The van der Waals surface area contributed by atoms with E-state index >= 15 is 0 Å². The van der Waals surface area contributed by atoms with Crippen molar-refractivity contribution in [3.8, 4) is 0 Å². The molecular weight excluding hydrogens is 112 g/mol. The van der Waals surface area contributed by atoms with Gasteiger partial charge in [0.15, 0.2) is 0 Å². The lowest BCUT2D eigenvalue weighted by Crippen LogP contribution is -1.82. The van der Waals surface area contributed by atoms with Crippen LogP contribution >= 0.6 is 0 Å². The topological polar surface area (TPSA) is 47.9 Å². The Labute approximate surface area is 48.8 Å². The maximum Gasteiger partial charge on any atom is 0.0744 e. The van der Waals surface area contributed by atoms with Crippen molar-refractivity contribution >= 4 is 0 Å². The first-order valence-corrected chi connectivity index (χ1v) is 2.17. The molecule has 0 aliphatic rings. The molecule has 0 saturated heterocycles. The lowest BCUT2D eigenvalue weighted by Gasteiger charge is -1.85. The van der Waals surface area contributed by atoms with Gasteiger partial charge in [-0.05, 0) is 6.92 Å².